The largest absolute Gasteiger partial charge is 0.508 e. The molecule has 0 aliphatic carbocycles. The molecule has 0 unspecified atom stereocenters. The fourth-order valence-electron chi connectivity index (χ4n) is 2.41. The number of ether oxygens (including phenoxy) is 1. The second-order valence-electron chi connectivity index (χ2n) is 5.50. The molecule has 0 saturated heterocycles. The zero-order valence-corrected chi connectivity index (χ0v) is 13.7. The molecule has 7 nitrogen and oxygen atoms in total. The van der Waals surface area contributed by atoms with Gasteiger partial charge < -0.3 is 9.84 Å². The number of hydrogen-bond donors (Lipinski definition) is 1. The summed E-state index contributed by atoms with van der Waals surface area (Å²) in [6.07, 6.45) is -4.74. The van der Waals surface area contributed by atoms with Crippen LogP contribution < -0.4 is 10.4 Å². The summed E-state index contributed by atoms with van der Waals surface area (Å²) in [6, 6.07) is 6.15. The molecule has 1 aromatic heterocycles. The highest BCUT2D eigenvalue weighted by atomic mass is 19.4. The standard InChI is InChI=1S/C16H12F4N4O3/c1-23-15(26)24(22-21-23)13-4-2-3-11(16(18,19)20)10(13)8-27-14-6-5-9(25)7-12(14)17/h2-7,25H,8H2,1H3. The van der Waals surface area contributed by atoms with E-state index >= 15 is 0 Å². The molecule has 2 aromatic carbocycles. The van der Waals surface area contributed by atoms with Gasteiger partial charge in [-0.1, -0.05) is 6.07 Å². The molecule has 11 heteroatoms. The van der Waals surface area contributed by atoms with Gasteiger partial charge in [0, 0.05) is 18.7 Å². The lowest BCUT2D eigenvalue weighted by Gasteiger charge is -2.17. The van der Waals surface area contributed by atoms with Crippen LogP contribution in [0.3, 0.4) is 0 Å². The number of aryl methyl sites for hydroxylation is 1. The maximum absolute atomic E-state index is 13.8. The van der Waals surface area contributed by atoms with Crippen molar-refractivity contribution in [3.63, 3.8) is 0 Å². The second kappa shape index (κ2) is 6.74. The summed E-state index contributed by atoms with van der Waals surface area (Å²) in [6.45, 7) is -0.699. The number of alkyl halides is 3. The first kappa shape index (κ1) is 18.4. The number of phenols is 1. The van der Waals surface area contributed by atoms with Crippen molar-refractivity contribution in [2.45, 2.75) is 12.8 Å². The Balaban J connectivity index is 2.08. The number of halogens is 4. The molecule has 3 aromatic rings. The van der Waals surface area contributed by atoms with Gasteiger partial charge in [0.05, 0.1) is 11.3 Å². The van der Waals surface area contributed by atoms with Crippen molar-refractivity contribution in [3.05, 3.63) is 63.8 Å². The molecule has 1 heterocycles. The van der Waals surface area contributed by atoms with E-state index in [0.29, 0.717) is 4.68 Å². The molecule has 0 radical (unpaired) electrons. The van der Waals surface area contributed by atoms with Gasteiger partial charge in [0.15, 0.2) is 11.6 Å². The summed E-state index contributed by atoms with van der Waals surface area (Å²) >= 11 is 0. The first-order valence-electron chi connectivity index (χ1n) is 7.48. The topological polar surface area (TPSA) is 82.2 Å². The molecule has 0 bridgehead atoms. The highest BCUT2D eigenvalue weighted by Crippen LogP contribution is 2.35. The highest BCUT2D eigenvalue weighted by Gasteiger charge is 2.35. The third kappa shape index (κ3) is 3.61. The molecule has 0 atom stereocenters. The lowest BCUT2D eigenvalue weighted by Crippen LogP contribution is -2.24. The number of nitrogens with zero attached hydrogens (tertiary/aromatic N) is 4. The van der Waals surface area contributed by atoms with E-state index in [-0.39, 0.29) is 17.2 Å². The Kier molecular flexibility index (Phi) is 4.60. The van der Waals surface area contributed by atoms with Gasteiger partial charge in [-0.3, -0.25) is 0 Å². The molecule has 142 valence electrons. The van der Waals surface area contributed by atoms with Crippen LogP contribution in [0.4, 0.5) is 17.6 Å². The molecular formula is C16H12F4N4O3. The van der Waals surface area contributed by atoms with Gasteiger partial charge in [-0.15, -0.1) is 0 Å². The van der Waals surface area contributed by atoms with Crippen LogP contribution in [0.15, 0.2) is 41.2 Å². The van der Waals surface area contributed by atoms with Gasteiger partial charge in [0.2, 0.25) is 0 Å². The molecule has 1 N–H and O–H groups in total. The quantitative estimate of drug-likeness (QED) is 0.699. The van der Waals surface area contributed by atoms with Crippen LogP contribution in [0.2, 0.25) is 0 Å². The maximum atomic E-state index is 13.8. The summed E-state index contributed by atoms with van der Waals surface area (Å²) in [4.78, 5) is 12.0. The molecule has 0 amide bonds. The van der Waals surface area contributed by atoms with Crippen molar-refractivity contribution in [1.29, 1.82) is 0 Å². The maximum Gasteiger partial charge on any atom is 0.416 e. The zero-order valence-electron chi connectivity index (χ0n) is 13.7. The van der Waals surface area contributed by atoms with Crippen LogP contribution in [0.25, 0.3) is 5.69 Å². The number of aromatic hydroxyl groups is 1. The Hall–Kier alpha value is -3.37. The zero-order chi connectivity index (χ0) is 19.8. The molecular weight excluding hydrogens is 372 g/mol. The van der Waals surface area contributed by atoms with Gasteiger partial charge in [-0.2, -0.15) is 22.5 Å². The third-order valence-corrected chi connectivity index (χ3v) is 3.69. The summed E-state index contributed by atoms with van der Waals surface area (Å²) in [5, 5.41) is 16.2. The monoisotopic (exact) mass is 384 g/mol. The van der Waals surface area contributed by atoms with E-state index in [4.69, 9.17) is 4.74 Å². The molecule has 27 heavy (non-hydrogen) atoms. The SMILES string of the molecule is Cn1nnn(-c2cccc(C(F)(F)F)c2COc2ccc(O)cc2F)c1=O. The Morgan fingerprint density at radius 1 is 1.19 bits per heavy atom. The van der Waals surface area contributed by atoms with Crippen molar-refractivity contribution in [1.82, 2.24) is 19.8 Å². The van der Waals surface area contributed by atoms with Crippen molar-refractivity contribution < 1.29 is 27.4 Å². The fraction of sp³-hybridized carbons (Fsp3) is 0.188. The second-order valence-corrected chi connectivity index (χ2v) is 5.50. The van der Waals surface area contributed by atoms with Gasteiger partial charge in [-0.25, -0.2) is 9.18 Å². The number of tetrazole rings is 1. The predicted molar refractivity (Wildman–Crippen MR) is 84.0 cm³/mol. The van der Waals surface area contributed by atoms with E-state index in [0.717, 1.165) is 35.0 Å². The number of aromatic nitrogens is 4. The molecule has 0 aliphatic heterocycles. The minimum absolute atomic E-state index is 0.192. The fourth-order valence-corrected chi connectivity index (χ4v) is 2.41. The van der Waals surface area contributed by atoms with Gasteiger partial charge in [-0.05, 0) is 34.7 Å². The smallest absolute Gasteiger partial charge is 0.416 e. The van der Waals surface area contributed by atoms with Gasteiger partial charge >= 0.3 is 11.9 Å². The third-order valence-electron chi connectivity index (χ3n) is 3.69. The summed E-state index contributed by atoms with van der Waals surface area (Å²) in [7, 11) is 1.29. The summed E-state index contributed by atoms with van der Waals surface area (Å²) in [5.74, 6) is -1.66. The van der Waals surface area contributed by atoms with E-state index in [1.165, 1.54) is 13.1 Å². The predicted octanol–water partition coefficient (Wildman–Crippen LogP) is 2.41. The minimum Gasteiger partial charge on any atom is -0.508 e. The van der Waals surface area contributed by atoms with Gasteiger partial charge in [0.25, 0.3) is 0 Å². The molecule has 3 rings (SSSR count). The summed E-state index contributed by atoms with van der Waals surface area (Å²) in [5.41, 5.74) is -2.43. The summed E-state index contributed by atoms with van der Waals surface area (Å²) < 4.78 is 60.8. The van der Waals surface area contributed by atoms with E-state index in [1.54, 1.807) is 0 Å². The number of hydrogen-bond acceptors (Lipinski definition) is 5. The Labute approximate surface area is 149 Å². The molecule has 0 fully saturated rings. The van der Waals surface area contributed by atoms with Crippen LogP contribution in [-0.2, 0) is 19.8 Å². The van der Waals surface area contributed by atoms with Crippen LogP contribution in [0.1, 0.15) is 11.1 Å². The average molecular weight is 384 g/mol. The van der Waals surface area contributed by atoms with Crippen LogP contribution in [0, 0.1) is 5.82 Å². The van der Waals surface area contributed by atoms with E-state index in [2.05, 4.69) is 10.4 Å². The van der Waals surface area contributed by atoms with Crippen LogP contribution >= 0.6 is 0 Å². The Bertz CT molecular complexity index is 1040. The van der Waals surface area contributed by atoms with E-state index < -0.39 is 35.4 Å². The number of benzene rings is 2. The first-order chi connectivity index (χ1) is 12.7. The normalized spacial score (nSPS) is 11.6. The lowest BCUT2D eigenvalue weighted by atomic mass is 10.1. The Morgan fingerprint density at radius 2 is 1.93 bits per heavy atom. The Morgan fingerprint density at radius 3 is 2.52 bits per heavy atom. The van der Waals surface area contributed by atoms with Gasteiger partial charge in [0.1, 0.15) is 12.4 Å². The van der Waals surface area contributed by atoms with Crippen LogP contribution in [0.5, 0.6) is 11.5 Å². The van der Waals surface area contributed by atoms with Crippen molar-refractivity contribution in [3.8, 4) is 17.2 Å². The average Bonchev–Trinajstić information content (AvgIpc) is 2.92. The molecule has 0 spiro atoms. The minimum atomic E-state index is -4.74. The van der Waals surface area contributed by atoms with Crippen molar-refractivity contribution in [2.24, 2.45) is 7.05 Å². The lowest BCUT2D eigenvalue weighted by molar-refractivity contribution is -0.138. The van der Waals surface area contributed by atoms with Crippen molar-refractivity contribution in [2.75, 3.05) is 0 Å². The van der Waals surface area contributed by atoms with E-state index in [1.807, 2.05) is 0 Å². The van der Waals surface area contributed by atoms with Crippen molar-refractivity contribution >= 4 is 0 Å². The molecule has 0 saturated carbocycles. The van der Waals surface area contributed by atoms with E-state index in [9.17, 15) is 27.5 Å². The highest BCUT2D eigenvalue weighted by molar-refractivity contribution is 5.46. The number of rotatable bonds is 4. The van der Waals surface area contributed by atoms with Crippen LogP contribution in [-0.4, -0.2) is 24.9 Å². The first-order valence-corrected chi connectivity index (χ1v) is 7.48. The molecule has 0 aliphatic rings. The number of phenolic OH excluding ortho intramolecular Hbond substituents is 1.